The number of carbonyl (C=O) groups is 1. The van der Waals surface area contributed by atoms with Gasteiger partial charge in [-0.15, -0.1) is 0 Å². The van der Waals surface area contributed by atoms with Crippen molar-refractivity contribution < 1.29 is 34.0 Å². The van der Waals surface area contributed by atoms with E-state index in [1.54, 1.807) is 0 Å². The highest BCUT2D eigenvalue weighted by atomic mass is 16.6. The van der Waals surface area contributed by atoms with Gasteiger partial charge in [-0.3, -0.25) is 0 Å². The zero-order chi connectivity index (χ0) is 27.2. The average molecular weight is 551 g/mol. The fourth-order valence-corrected chi connectivity index (χ4v) is 6.23. The first-order valence-corrected chi connectivity index (χ1v) is 14.7. The molecule has 0 unspecified atom stereocenters. The van der Waals surface area contributed by atoms with Gasteiger partial charge in [0.15, 0.2) is 23.0 Å². The molecule has 2 aromatic rings. The molecule has 3 heterocycles. The van der Waals surface area contributed by atoms with Crippen LogP contribution in [-0.4, -0.2) is 89.9 Å². The molecule has 2 aliphatic carbocycles. The van der Waals surface area contributed by atoms with E-state index in [9.17, 15) is 15.0 Å². The maximum absolute atomic E-state index is 14.4. The van der Waals surface area contributed by atoms with Gasteiger partial charge in [0, 0.05) is 13.1 Å². The quantitative estimate of drug-likeness (QED) is 0.521. The van der Waals surface area contributed by atoms with E-state index < -0.39 is 24.3 Å². The molecule has 40 heavy (non-hydrogen) atoms. The Hall–Kier alpha value is -3.17. The number of benzene rings is 2. The molecule has 4 atom stereocenters. The van der Waals surface area contributed by atoms with E-state index in [2.05, 4.69) is 0 Å². The Balaban J connectivity index is 1.21. The van der Waals surface area contributed by atoms with Crippen LogP contribution < -0.4 is 18.9 Å². The summed E-state index contributed by atoms with van der Waals surface area (Å²) in [6, 6.07) is 10.4. The molecule has 9 nitrogen and oxygen atoms in total. The predicted molar refractivity (Wildman–Crippen MR) is 146 cm³/mol. The lowest BCUT2D eigenvalue weighted by Crippen LogP contribution is -2.52. The van der Waals surface area contributed by atoms with E-state index in [1.807, 2.05) is 46.2 Å². The topological polar surface area (TPSA) is 101 Å². The third-order valence-electron chi connectivity index (χ3n) is 8.84. The Morgan fingerprint density at radius 3 is 1.43 bits per heavy atom. The first kappa shape index (κ1) is 25.8. The number of ether oxygens (including phenoxy) is 4. The molecule has 2 N–H and O–H groups in total. The first-order valence-electron chi connectivity index (χ1n) is 14.7. The number of hydrogen-bond acceptors (Lipinski definition) is 7. The van der Waals surface area contributed by atoms with Crippen LogP contribution in [0.2, 0.25) is 0 Å². The van der Waals surface area contributed by atoms with Crippen molar-refractivity contribution >= 4 is 6.03 Å². The minimum Gasteiger partial charge on any atom is -0.486 e. The van der Waals surface area contributed by atoms with Gasteiger partial charge in [-0.2, -0.15) is 0 Å². The first-order chi connectivity index (χ1) is 19.5. The van der Waals surface area contributed by atoms with Crippen LogP contribution in [-0.2, 0) is 12.8 Å². The van der Waals surface area contributed by atoms with Gasteiger partial charge >= 0.3 is 6.03 Å². The van der Waals surface area contributed by atoms with E-state index >= 15 is 0 Å². The highest BCUT2D eigenvalue weighted by Crippen LogP contribution is 2.39. The molecule has 7 rings (SSSR count). The van der Waals surface area contributed by atoms with Gasteiger partial charge in [0.1, 0.15) is 38.6 Å². The van der Waals surface area contributed by atoms with Crippen LogP contribution in [0.1, 0.15) is 36.8 Å². The van der Waals surface area contributed by atoms with E-state index in [0.29, 0.717) is 87.2 Å². The molecule has 5 aliphatic rings. The van der Waals surface area contributed by atoms with Gasteiger partial charge in [0.2, 0.25) is 0 Å². The Kier molecular flexibility index (Phi) is 6.87. The monoisotopic (exact) mass is 550 g/mol. The lowest BCUT2D eigenvalue weighted by molar-refractivity contribution is -0.0401. The van der Waals surface area contributed by atoms with Crippen molar-refractivity contribution in [1.29, 1.82) is 0 Å². The predicted octanol–water partition coefficient (Wildman–Crippen LogP) is 3.03. The molecule has 1 saturated heterocycles. The van der Waals surface area contributed by atoms with Gasteiger partial charge in [0.25, 0.3) is 0 Å². The second-order valence-corrected chi connectivity index (χ2v) is 12.0. The van der Waals surface area contributed by atoms with E-state index in [1.165, 1.54) is 0 Å². The molecule has 2 amide bonds. The normalized spacial score (nSPS) is 27.9. The summed E-state index contributed by atoms with van der Waals surface area (Å²) in [7, 11) is 0. The molecule has 3 aliphatic heterocycles. The van der Waals surface area contributed by atoms with Crippen LogP contribution in [0, 0.1) is 11.8 Å². The number of urea groups is 1. The molecule has 2 saturated carbocycles. The van der Waals surface area contributed by atoms with Crippen LogP contribution in [0.25, 0.3) is 0 Å². The van der Waals surface area contributed by atoms with Crippen molar-refractivity contribution in [3.8, 4) is 23.0 Å². The maximum atomic E-state index is 14.4. The summed E-state index contributed by atoms with van der Waals surface area (Å²) in [5, 5.41) is 23.6. The van der Waals surface area contributed by atoms with Gasteiger partial charge in [-0.05, 0) is 85.8 Å². The van der Waals surface area contributed by atoms with Crippen molar-refractivity contribution in [3.05, 3.63) is 47.5 Å². The fraction of sp³-hybridized carbons (Fsp3) is 0.581. The molecule has 0 aromatic heterocycles. The minimum absolute atomic E-state index is 0.0838. The molecule has 0 spiro atoms. The minimum atomic E-state index is -1.11. The summed E-state index contributed by atoms with van der Waals surface area (Å²) < 4.78 is 23.0. The lowest BCUT2D eigenvalue weighted by atomic mass is 9.90. The van der Waals surface area contributed by atoms with Gasteiger partial charge in [0.05, 0.1) is 12.1 Å². The zero-order valence-corrected chi connectivity index (χ0v) is 22.7. The number of nitrogens with zero attached hydrogens (tertiary/aromatic N) is 2. The van der Waals surface area contributed by atoms with Gasteiger partial charge in [-0.1, -0.05) is 12.1 Å². The summed E-state index contributed by atoms with van der Waals surface area (Å²) in [6.07, 6.45) is 2.96. The molecule has 2 aromatic carbocycles. The summed E-state index contributed by atoms with van der Waals surface area (Å²) >= 11 is 0. The second kappa shape index (κ2) is 10.7. The number of amides is 2. The van der Waals surface area contributed by atoms with E-state index in [4.69, 9.17) is 18.9 Å². The van der Waals surface area contributed by atoms with Crippen molar-refractivity contribution in [1.82, 2.24) is 9.80 Å². The SMILES string of the molecule is O=C1N(CC2CC2)[C@H](Cc2ccc3c(c2)OCCO3)[C@H](O)[C@@H](O)[C@@H](Cc2ccc3c(c2)OCCO3)N1CC1CC1. The van der Waals surface area contributed by atoms with Crippen LogP contribution in [0.4, 0.5) is 4.79 Å². The zero-order valence-electron chi connectivity index (χ0n) is 22.7. The van der Waals surface area contributed by atoms with Crippen molar-refractivity contribution in [3.63, 3.8) is 0 Å². The van der Waals surface area contributed by atoms with E-state index in [-0.39, 0.29) is 6.03 Å². The van der Waals surface area contributed by atoms with Crippen LogP contribution in [0.15, 0.2) is 36.4 Å². The van der Waals surface area contributed by atoms with Crippen molar-refractivity contribution in [2.45, 2.75) is 62.8 Å². The smallest absolute Gasteiger partial charge is 0.320 e. The lowest BCUT2D eigenvalue weighted by Gasteiger charge is -2.36. The number of carbonyl (C=O) groups excluding carboxylic acids is 1. The Morgan fingerprint density at radius 2 is 1.02 bits per heavy atom. The van der Waals surface area contributed by atoms with Gasteiger partial charge in [-0.25, -0.2) is 4.79 Å². The summed E-state index contributed by atoms with van der Waals surface area (Å²) in [5.41, 5.74) is 1.88. The van der Waals surface area contributed by atoms with Gasteiger partial charge < -0.3 is 39.0 Å². The number of rotatable bonds is 8. The average Bonchev–Trinajstić information content (AvgIpc) is 3.92. The highest BCUT2D eigenvalue weighted by Gasteiger charge is 2.48. The molecule has 214 valence electrons. The summed E-state index contributed by atoms with van der Waals surface area (Å²) in [6.45, 7) is 3.21. The van der Waals surface area contributed by atoms with Crippen molar-refractivity contribution in [2.24, 2.45) is 11.8 Å². The van der Waals surface area contributed by atoms with Crippen LogP contribution in [0.5, 0.6) is 23.0 Å². The molecular formula is C31H38N2O7. The fourth-order valence-electron chi connectivity index (χ4n) is 6.23. The second-order valence-electron chi connectivity index (χ2n) is 12.0. The molecule has 0 bridgehead atoms. The largest absolute Gasteiger partial charge is 0.486 e. The van der Waals surface area contributed by atoms with Crippen LogP contribution >= 0.6 is 0 Å². The van der Waals surface area contributed by atoms with Crippen molar-refractivity contribution in [2.75, 3.05) is 39.5 Å². The third kappa shape index (κ3) is 5.29. The Morgan fingerprint density at radius 1 is 0.625 bits per heavy atom. The van der Waals surface area contributed by atoms with Crippen LogP contribution in [0.3, 0.4) is 0 Å². The summed E-state index contributed by atoms with van der Waals surface area (Å²) in [4.78, 5) is 18.1. The highest BCUT2D eigenvalue weighted by molar-refractivity contribution is 5.76. The Bertz CT molecular complexity index is 1150. The molecule has 0 radical (unpaired) electrons. The standard InChI is InChI=1S/C31H38N2O7/c34-29-23(13-21-5-7-25-27(15-21)39-11-9-37-25)32(17-19-1-2-19)31(36)33(18-20-3-4-20)24(30(29)35)14-22-6-8-26-28(16-22)40-12-10-38-26/h5-8,15-16,19-20,23-24,29-30,34-35H,1-4,9-14,17-18H2/t23-,24-,29+,30+/m1/s1. The molecule has 3 fully saturated rings. The number of aliphatic hydroxyl groups excluding tert-OH is 2. The third-order valence-corrected chi connectivity index (χ3v) is 8.84. The summed E-state index contributed by atoms with van der Waals surface area (Å²) in [5.74, 6) is 3.65. The molecular weight excluding hydrogens is 512 g/mol. The Labute approximate surface area is 234 Å². The molecule has 9 heteroatoms. The maximum Gasteiger partial charge on any atom is 0.320 e. The van der Waals surface area contributed by atoms with E-state index in [0.717, 1.165) is 36.8 Å². The number of fused-ring (bicyclic) bond motifs is 2. The number of hydrogen-bond donors (Lipinski definition) is 2. The number of aliphatic hydroxyl groups is 2.